The Bertz CT molecular complexity index is 1780. The highest BCUT2D eigenvalue weighted by atomic mass is 32.2. The summed E-state index contributed by atoms with van der Waals surface area (Å²) in [6, 6.07) is 20.3. The maximum absolute atomic E-state index is 13.0. The number of fused-ring (bicyclic) bond motifs is 1. The van der Waals surface area contributed by atoms with Gasteiger partial charge in [-0.1, -0.05) is 23.4 Å². The van der Waals surface area contributed by atoms with Gasteiger partial charge >= 0.3 is 0 Å². The lowest BCUT2D eigenvalue weighted by atomic mass is 9.99. The van der Waals surface area contributed by atoms with Crippen LogP contribution in [-0.4, -0.2) is 32.4 Å². The summed E-state index contributed by atoms with van der Waals surface area (Å²) in [6.07, 6.45) is 1.27. The molecule has 0 aliphatic rings. The predicted molar refractivity (Wildman–Crippen MR) is 140 cm³/mol. The van der Waals surface area contributed by atoms with E-state index in [0.717, 1.165) is 22.4 Å². The van der Waals surface area contributed by atoms with E-state index in [4.69, 9.17) is 9.47 Å². The van der Waals surface area contributed by atoms with Gasteiger partial charge in [0.1, 0.15) is 17.8 Å². The van der Waals surface area contributed by atoms with Crippen molar-refractivity contribution in [1.29, 1.82) is 0 Å². The number of hydrogen-bond acceptors (Lipinski definition) is 7. The molecule has 0 amide bonds. The van der Waals surface area contributed by atoms with Crippen LogP contribution in [0.3, 0.4) is 0 Å². The lowest BCUT2D eigenvalue weighted by molar-refractivity contribution is 0.411. The van der Waals surface area contributed by atoms with Gasteiger partial charge < -0.3 is 14.0 Å². The fraction of sp³-hybridized carbons (Fsp3) is 0.111. The summed E-state index contributed by atoms with van der Waals surface area (Å²) in [6.45, 7) is 1.98. The number of hydrogen-bond donors (Lipinski definition) is 1. The van der Waals surface area contributed by atoms with E-state index in [0.29, 0.717) is 22.3 Å². The van der Waals surface area contributed by atoms with E-state index >= 15 is 0 Å². The van der Waals surface area contributed by atoms with Crippen molar-refractivity contribution in [3.05, 3.63) is 95.0 Å². The molecule has 9 nitrogen and oxygen atoms in total. The van der Waals surface area contributed by atoms with E-state index < -0.39 is 10.0 Å². The average molecular weight is 518 g/mol. The van der Waals surface area contributed by atoms with Crippen molar-refractivity contribution in [1.82, 2.24) is 9.72 Å². The van der Waals surface area contributed by atoms with Gasteiger partial charge in [0, 0.05) is 17.5 Å². The largest absolute Gasteiger partial charge is 0.496 e. The molecule has 0 aliphatic heterocycles. The number of methoxy groups -OCH3 is 2. The molecule has 0 bridgehead atoms. The second kappa shape index (κ2) is 9.47. The smallest absolute Gasteiger partial charge is 0.263 e. The number of sulfonamides is 1. The zero-order chi connectivity index (χ0) is 26.2. The van der Waals surface area contributed by atoms with Crippen LogP contribution in [0.15, 0.2) is 93.3 Å². The number of ether oxygens (including phenoxy) is 2. The molecule has 0 saturated heterocycles. The highest BCUT2D eigenvalue weighted by Gasteiger charge is 2.19. The third kappa shape index (κ3) is 4.43. The molecule has 2 aromatic heterocycles. The van der Waals surface area contributed by atoms with E-state index in [9.17, 15) is 13.2 Å². The lowest BCUT2D eigenvalue weighted by Gasteiger charge is -2.17. The standard InChI is InChI=1S/C27H23N3O6S/c1-17-21(5-4-6-24(17)34-2)18-7-10-23(25(16-18)35-3)30-22-11-9-20(15-19(22)8-12-27(30)31)37(32,33)29-26-13-14-36-28-26/h4-16H,1-3H3,(H,28,29). The molecular weight excluding hydrogens is 494 g/mol. The first-order chi connectivity index (χ1) is 17.8. The van der Waals surface area contributed by atoms with Crippen molar-refractivity contribution < 1.29 is 22.4 Å². The minimum Gasteiger partial charge on any atom is -0.496 e. The molecule has 0 fully saturated rings. The average Bonchev–Trinajstić information content (AvgIpc) is 3.40. The van der Waals surface area contributed by atoms with Crippen molar-refractivity contribution in [2.24, 2.45) is 0 Å². The molecule has 1 N–H and O–H groups in total. The lowest BCUT2D eigenvalue weighted by Crippen LogP contribution is -2.18. The van der Waals surface area contributed by atoms with Crippen LogP contribution < -0.4 is 19.8 Å². The monoisotopic (exact) mass is 517 g/mol. The summed E-state index contributed by atoms with van der Waals surface area (Å²) in [4.78, 5) is 13.0. The Morgan fingerprint density at radius 3 is 2.46 bits per heavy atom. The molecular formula is C27H23N3O6S. The van der Waals surface area contributed by atoms with Crippen LogP contribution in [0.5, 0.6) is 11.5 Å². The number of benzene rings is 3. The van der Waals surface area contributed by atoms with Gasteiger partial charge in [0.05, 0.1) is 30.3 Å². The Labute approximate surface area is 212 Å². The van der Waals surface area contributed by atoms with Gasteiger partial charge in [-0.05, 0) is 66.1 Å². The van der Waals surface area contributed by atoms with Crippen LogP contribution in [0.2, 0.25) is 0 Å². The number of nitrogens with zero attached hydrogens (tertiary/aromatic N) is 2. The van der Waals surface area contributed by atoms with Crippen LogP contribution in [0, 0.1) is 6.92 Å². The molecule has 0 unspecified atom stereocenters. The second-order valence-corrected chi connectivity index (χ2v) is 9.92. The van der Waals surface area contributed by atoms with Crippen molar-refractivity contribution >= 4 is 26.7 Å². The molecule has 0 radical (unpaired) electrons. The zero-order valence-electron chi connectivity index (χ0n) is 20.3. The minimum absolute atomic E-state index is 0.0176. The number of aromatic nitrogens is 2. The van der Waals surface area contributed by atoms with E-state index in [1.165, 1.54) is 42.2 Å². The Kier molecular flexibility index (Phi) is 6.18. The Morgan fingerprint density at radius 2 is 1.73 bits per heavy atom. The number of anilines is 1. The van der Waals surface area contributed by atoms with E-state index in [2.05, 4.69) is 14.4 Å². The third-order valence-electron chi connectivity index (χ3n) is 6.09. The highest BCUT2D eigenvalue weighted by Crippen LogP contribution is 2.35. The molecule has 5 rings (SSSR count). The van der Waals surface area contributed by atoms with Crippen molar-refractivity contribution in [3.8, 4) is 28.3 Å². The van der Waals surface area contributed by atoms with Gasteiger partial charge in [0.25, 0.3) is 15.6 Å². The Hall–Kier alpha value is -4.57. The molecule has 0 spiro atoms. The van der Waals surface area contributed by atoms with Crippen LogP contribution in [-0.2, 0) is 10.0 Å². The topological polar surface area (TPSA) is 113 Å². The molecule has 0 saturated carbocycles. The Balaban J connectivity index is 1.61. The maximum atomic E-state index is 13.0. The summed E-state index contributed by atoms with van der Waals surface area (Å²) in [7, 11) is -0.748. The summed E-state index contributed by atoms with van der Waals surface area (Å²) < 4.78 is 45.3. The highest BCUT2D eigenvalue weighted by molar-refractivity contribution is 7.92. The van der Waals surface area contributed by atoms with Crippen LogP contribution in [0.4, 0.5) is 5.82 Å². The summed E-state index contributed by atoms with van der Waals surface area (Å²) in [5, 5.41) is 4.14. The van der Waals surface area contributed by atoms with E-state index in [1.54, 1.807) is 19.2 Å². The Morgan fingerprint density at radius 1 is 0.919 bits per heavy atom. The number of pyridine rings is 1. The molecule has 5 aromatic rings. The normalized spacial score (nSPS) is 11.4. The van der Waals surface area contributed by atoms with Gasteiger partial charge in [-0.3, -0.25) is 14.1 Å². The van der Waals surface area contributed by atoms with Crippen molar-refractivity contribution in [2.45, 2.75) is 11.8 Å². The van der Waals surface area contributed by atoms with E-state index in [1.807, 2.05) is 43.3 Å². The van der Waals surface area contributed by atoms with Crippen LogP contribution in [0.1, 0.15) is 5.56 Å². The number of rotatable bonds is 7. The molecule has 0 atom stereocenters. The maximum Gasteiger partial charge on any atom is 0.263 e. The van der Waals surface area contributed by atoms with Gasteiger partial charge in [-0.2, -0.15) is 0 Å². The van der Waals surface area contributed by atoms with Crippen molar-refractivity contribution in [2.75, 3.05) is 18.9 Å². The molecule has 0 aliphatic carbocycles. The van der Waals surface area contributed by atoms with Gasteiger partial charge in [0.2, 0.25) is 0 Å². The molecule has 3 aromatic carbocycles. The quantitative estimate of drug-likeness (QED) is 0.331. The van der Waals surface area contributed by atoms with Crippen LogP contribution in [0.25, 0.3) is 27.7 Å². The van der Waals surface area contributed by atoms with Crippen LogP contribution >= 0.6 is 0 Å². The SMILES string of the molecule is COc1cc(-c2cccc(OC)c2C)ccc1-n1c(=O)ccc2cc(S(=O)(=O)Nc3ccon3)ccc21. The molecule has 37 heavy (non-hydrogen) atoms. The molecule has 10 heteroatoms. The van der Waals surface area contributed by atoms with E-state index in [-0.39, 0.29) is 16.3 Å². The van der Waals surface area contributed by atoms with Gasteiger partial charge in [-0.15, -0.1) is 0 Å². The second-order valence-electron chi connectivity index (χ2n) is 8.24. The first-order valence-corrected chi connectivity index (χ1v) is 12.7. The zero-order valence-corrected chi connectivity index (χ0v) is 21.1. The fourth-order valence-electron chi connectivity index (χ4n) is 4.28. The summed E-state index contributed by atoms with van der Waals surface area (Å²) >= 11 is 0. The first kappa shape index (κ1) is 24.1. The van der Waals surface area contributed by atoms with Crippen molar-refractivity contribution in [3.63, 3.8) is 0 Å². The summed E-state index contributed by atoms with van der Waals surface area (Å²) in [5.41, 5.74) is 3.62. The first-order valence-electron chi connectivity index (χ1n) is 11.2. The van der Waals surface area contributed by atoms with Gasteiger partial charge in [-0.25, -0.2) is 8.42 Å². The molecule has 188 valence electrons. The van der Waals surface area contributed by atoms with Gasteiger partial charge in [0.15, 0.2) is 5.82 Å². The summed E-state index contributed by atoms with van der Waals surface area (Å²) in [5.74, 6) is 1.33. The minimum atomic E-state index is -3.92. The number of nitrogens with one attached hydrogen (secondary N) is 1. The molecule has 2 heterocycles. The fourth-order valence-corrected chi connectivity index (χ4v) is 5.31. The third-order valence-corrected chi connectivity index (χ3v) is 7.44. The predicted octanol–water partition coefficient (Wildman–Crippen LogP) is 4.77.